The number of methoxy groups -OCH3 is 1. The molecule has 0 spiro atoms. The Morgan fingerprint density at radius 3 is 2.56 bits per heavy atom. The zero-order chi connectivity index (χ0) is 13.2. The molecular formula is C12H19NO4S. The lowest BCUT2D eigenvalue weighted by molar-refractivity contribution is -0.141. The van der Waals surface area contributed by atoms with Gasteiger partial charge in [-0.2, -0.15) is 0 Å². The molecule has 0 heterocycles. The molecule has 2 aliphatic carbocycles. The number of rotatable bonds is 7. The lowest BCUT2D eigenvalue weighted by atomic mass is 10.1. The van der Waals surface area contributed by atoms with E-state index in [1.54, 1.807) is 0 Å². The minimum atomic E-state index is -1.18. The monoisotopic (exact) mass is 273 g/mol. The Bertz CT molecular complexity index is 374. The van der Waals surface area contributed by atoms with Crippen LogP contribution in [0.3, 0.4) is 0 Å². The Kier molecular flexibility index (Phi) is 4.04. The maximum Gasteiger partial charge on any atom is 0.306 e. The Morgan fingerprint density at radius 1 is 1.39 bits per heavy atom. The van der Waals surface area contributed by atoms with Crippen molar-refractivity contribution in [1.29, 1.82) is 0 Å². The van der Waals surface area contributed by atoms with E-state index in [9.17, 15) is 13.8 Å². The molecule has 5 nitrogen and oxygen atoms in total. The maximum atomic E-state index is 11.9. The lowest BCUT2D eigenvalue weighted by Crippen LogP contribution is -2.32. The van der Waals surface area contributed by atoms with Gasteiger partial charge in [0.2, 0.25) is 5.91 Å². The Balaban J connectivity index is 1.72. The summed E-state index contributed by atoms with van der Waals surface area (Å²) in [6, 6.07) is 0.305. The highest BCUT2D eigenvalue weighted by Gasteiger charge is 2.46. The van der Waals surface area contributed by atoms with Crippen molar-refractivity contribution in [3.8, 4) is 0 Å². The van der Waals surface area contributed by atoms with Crippen LogP contribution < -0.4 is 5.32 Å². The molecule has 0 saturated heterocycles. The minimum absolute atomic E-state index is 0.0550. The lowest BCUT2D eigenvalue weighted by Gasteiger charge is -2.12. The van der Waals surface area contributed by atoms with Gasteiger partial charge in [-0.1, -0.05) is 0 Å². The highest BCUT2D eigenvalue weighted by atomic mass is 32.2. The van der Waals surface area contributed by atoms with Gasteiger partial charge in [-0.15, -0.1) is 0 Å². The molecule has 0 aromatic heterocycles. The topological polar surface area (TPSA) is 72.5 Å². The fourth-order valence-corrected chi connectivity index (χ4v) is 3.51. The van der Waals surface area contributed by atoms with Crippen LogP contribution in [0, 0.1) is 5.41 Å². The molecule has 2 aliphatic rings. The first-order chi connectivity index (χ1) is 8.53. The first kappa shape index (κ1) is 13.5. The molecule has 1 N–H and O–H groups in total. The van der Waals surface area contributed by atoms with Crippen LogP contribution in [0.2, 0.25) is 0 Å². The van der Waals surface area contributed by atoms with E-state index >= 15 is 0 Å². The number of carbonyl (C=O) groups excluding carboxylic acids is 2. The van der Waals surface area contributed by atoms with Gasteiger partial charge in [0, 0.05) is 22.6 Å². The number of esters is 1. The van der Waals surface area contributed by atoms with Crippen molar-refractivity contribution in [3.05, 3.63) is 0 Å². The zero-order valence-corrected chi connectivity index (χ0v) is 11.4. The third-order valence-electron chi connectivity index (χ3n) is 3.41. The summed E-state index contributed by atoms with van der Waals surface area (Å²) in [5.74, 6) is 0.0937. The SMILES string of the molecule is COC(=O)CC1(CS(=O)CC(=O)NC2CC2)CC1. The summed E-state index contributed by atoms with van der Waals surface area (Å²) in [6.07, 6.45) is 4.19. The van der Waals surface area contributed by atoms with Crippen molar-refractivity contribution in [2.75, 3.05) is 18.6 Å². The maximum absolute atomic E-state index is 11.9. The quantitative estimate of drug-likeness (QED) is 0.680. The first-order valence-corrected chi connectivity index (χ1v) is 7.73. The summed E-state index contributed by atoms with van der Waals surface area (Å²) >= 11 is 0. The molecule has 102 valence electrons. The highest BCUT2D eigenvalue weighted by molar-refractivity contribution is 7.85. The van der Waals surface area contributed by atoms with Crippen LogP contribution in [0.1, 0.15) is 32.1 Å². The molecule has 0 bridgehead atoms. The molecule has 0 radical (unpaired) electrons. The van der Waals surface area contributed by atoms with Crippen LogP contribution in [-0.2, 0) is 25.1 Å². The molecule has 0 aromatic rings. The van der Waals surface area contributed by atoms with Crippen molar-refractivity contribution in [1.82, 2.24) is 5.32 Å². The number of hydrogen-bond donors (Lipinski definition) is 1. The summed E-state index contributed by atoms with van der Waals surface area (Å²) in [7, 11) is 0.176. The molecule has 0 aliphatic heterocycles. The second kappa shape index (κ2) is 5.38. The van der Waals surface area contributed by atoms with Gasteiger partial charge in [0.15, 0.2) is 0 Å². The van der Waals surface area contributed by atoms with E-state index in [-0.39, 0.29) is 23.0 Å². The van der Waals surface area contributed by atoms with E-state index in [1.165, 1.54) is 7.11 Å². The van der Waals surface area contributed by atoms with Crippen molar-refractivity contribution in [3.63, 3.8) is 0 Å². The van der Waals surface area contributed by atoms with Crippen LogP contribution in [0.25, 0.3) is 0 Å². The van der Waals surface area contributed by atoms with Crippen LogP contribution in [0.4, 0.5) is 0 Å². The second-order valence-electron chi connectivity index (χ2n) is 5.32. The van der Waals surface area contributed by atoms with Gasteiger partial charge < -0.3 is 10.1 Å². The van der Waals surface area contributed by atoms with Gasteiger partial charge in [-0.3, -0.25) is 13.8 Å². The van der Waals surface area contributed by atoms with E-state index in [0.717, 1.165) is 25.7 Å². The number of nitrogens with one attached hydrogen (secondary N) is 1. The van der Waals surface area contributed by atoms with Crippen LogP contribution in [-0.4, -0.2) is 40.7 Å². The van der Waals surface area contributed by atoms with Gasteiger partial charge in [-0.05, 0) is 31.1 Å². The van der Waals surface area contributed by atoms with Crippen LogP contribution in [0.5, 0.6) is 0 Å². The average molecular weight is 273 g/mol. The molecule has 1 amide bonds. The third-order valence-corrected chi connectivity index (χ3v) is 4.92. The zero-order valence-electron chi connectivity index (χ0n) is 10.6. The summed E-state index contributed by atoms with van der Waals surface area (Å²) in [5, 5.41) is 2.82. The fraction of sp³-hybridized carbons (Fsp3) is 0.833. The van der Waals surface area contributed by atoms with Gasteiger partial charge in [0.05, 0.1) is 13.5 Å². The molecular weight excluding hydrogens is 254 g/mol. The number of amides is 1. The normalized spacial score (nSPS) is 22.1. The smallest absolute Gasteiger partial charge is 0.306 e. The van der Waals surface area contributed by atoms with E-state index in [1.807, 2.05) is 0 Å². The molecule has 6 heteroatoms. The van der Waals surface area contributed by atoms with Gasteiger partial charge >= 0.3 is 5.97 Å². The van der Waals surface area contributed by atoms with Crippen molar-refractivity contribution in [2.24, 2.45) is 5.41 Å². The molecule has 1 atom stereocenters. The number of carbonyl (C=O) groups is 2. The van der Waals surface area contributed by atoms with Crippen LogP contribution >= 0.6 is 0 Å². The average Bonchev–Trinajstić information content (AvgIpc) is 3.17. The Labute approximate surface area is 109 Å². The minimum Gasteiger partial charge on any atom is -0.469 e. The fourth-order valence-electron chi connectivity index (χ4n) is 1.96. The Morgan fingerprint density at radius 2 is 2.06 bits per heavy atom. The van der Waals surface area contributed by atoms with E-state index in [0.29, 0.717) is 18.2 Å². The second-order valence-corrected chi connectivity index (χ2v) is 6.78. The van der Waals surface area contributed by atoms with Gasteiger partial charge in [0.1, 0.15) is 5.75 Å². The van der Waals surface area contributed by atoms with E-state index in [4.69, 9.17) is 0 Å². The van der Waals surface area contributed by atoms with Crippen molar-refractivity contribution in [2.45, 2.75) is 38.1 Å². The van der Waals surface area contributed by atoms with Crippen molar-refractivity contribution >= 4 is 22.7 Å². The predicted octanol–water partition coefficient (Wildman–Crippen LogP) is 0.357. The highest BCUT2D eigenvalue weighted by Crippen LogP contribution is 2.49. The Hall–Kier alpha value is -0.910. The largest absolute Gasteiger partial charge is 0.469 e. The summed E-state index contributed by atoms with van der Waals surface area (Å²) in [4.78, 5) is 22.7. The summed E-state index contributed by atoms with van der Waals surface area (Å²) in [5.41, 5.74) is -0.169. The molecule has 1 unspecified atom stereocenters. The summed E-state index contributed by atoms with van der Waals surface area (Å²) < 4.78 is 16.5. The number of hydrogen-bond acceptors (Lipinski definition) is 4. The van der Waals surface area contributed by atoms with E-state index in [2.05, 4.69) is 10.1 Å². The standard InChI is InChI=1S/C12H19NO4S/c1-17-11(15)6-12(4-5-12)8-18(16)7-10(14)13-9-2-3-9/h9H,2-8H2,1H3,(H,13,14). The molecule has 2 fully saturated rings. The first-order valence-electron chi connectivity index (χ1n) is 6.24. The molecule has 18 heavy (non-hydrogen) atoms. The van der Waals surface area contributed by atoms with Gasteiger partial charge in [0.25, 0.3) is 0 Å². The third kappa shape index (κ3) is 4.08. The van der Waals surface area contributed by atoms with Crippen LogP contribution in [0.15, 0.2) is 0 Å². The molecule has 0 aromatic carbocycles. The number of ether oxygens (including phenoxy) is 1. The summed E-state index contributed by atoms with van der Waals surface area (Å²) in [6.45, 7) is 0. The molecule has 2 rings (SSSR count). The predicted molar refractivity (Wildman–Crippen MR) is 67.3 cm³/mol. The van der Waals surface area contributed by atoms with Crippen molar-refractivity contribution < 1.29 is 18.5 Å². The van der Waals surface area contributed by atoms with E-state index < -0.39 is 10.8 Å². The van der Waals surface area contributed by atoms with Gasteiger partial charge in [-0.25, -0.2) is 0 Å². The molecule has 2 saturated carbocycles.